The van der Waals surface area contributed by atoms with Crippen molar-refractivity contribution < 1.29 is 66.7 Å². The number of hydrogen-bond acceptors (Lipinski definition) is 16. The van der Waals surface area contributed by atoms with E-state index in [1.54, 1.807) is 19.6 Å². The average Bonchev–Trinajstić information content (AvgIpc) is 2.73. The summed E-state index contributed by atoms with van der Waals surface area (Å²) in [6.07, 6.45) is 1.81. The Labute approximate surface area is 525 Å². The second-order valence-electron chi connectivity index (χ2n) is 29.8. The van der Waals surface area contributed by atoms with Gasteiger partial charge in [-0.1, -0.05) is 12.1 Å². The van der Waals surface area contributed by atoms with E-state index in [0.717, 1.165) is 26.4 Å². The first-order valence-corrected chi connectivity index (χ1v) is 32.6. The number of thiophene rings is 2. The molecule has 87 heavy (non-hydrogen) atoms. The van der Waals surface area contributed by atoms with Crippen molar-refractivity contribution in [1.82, 2.24) is 19.6 Å². The van der Waals surface area contributed by atoms with E-state index in [9.17, 15) is 33.6 Å². The molecule has 3 aliphatic rings. The molecular formula is C67H100N4O14S2. The number of benzene rings is 1. The van der Waals surface area contributed by atoms with E-state index in [1.807, 2.05) is 172 Å². The average molecular weight is 1250 g/mol. The summed E-state index contributed by atoms with van der Waals surface area (Å²) in [7, 11) is 0. The van der Waals surface area contributed by atoms with Crippen molar-refractivity contribution in [3.05, 3.63) is 73.6 Å². The van der Waals surface area contributed by atoms with Crippen LogP contribution in [-0.2, 0) is 79.8 Å². The van der Waals surface area contributed by atoms with E-state index >= 15 is 0 Å². The smallest absolute Gasteiger partial charge is 0.410 e. The molecule has 3 aromatic rings. The molecule has 484 valence electrons. The molecule has 0 bridgehead atoms. The lowest BCUT2D eigenvalue weighted by Gasteiger charge is -2.28. The first kappa shape index (κ1) is 70.2. The first-order chi connectivity index (χ1) is 40.1. The Morgan fingerprint density at radius 2 is 0.839 bits per heavy atom. The topological polar surface area (TPSA) is 197 Å². The van der Waals surface area contributed by atoms with Crippen LogP contribution < -0.4 is 4.74 Å². The molecule has 0 saturated carbocycles. The Morgan fingerprint density at radius 3 is 1.22 bits per heavy atom. The zero-order valence-electron chi connectivity index (χ0n) is 55.2. The molecular weight excluding hydrogens is 1150 g/mol. The molecule has 0 aliphatic carbocycles. The van der Waals surface area contributed by atoms with Gasteiger partial charge in [-0.2, -0.15) is 0 Å². The molecule has 6 rings (SSSR count). The van der Waals surface area contributed by atoms with Crippen molar-refractivity contribution in [3.63, 3.8) is 0 Å². The minimum absolute atomic E-state index is 0.0838. The van der Waals surface area contributed by atoms with Gasteiger partial charge in [-0.3, -0.25) is 19.2 Å². The van der Waals surface area contributed by atoms with Gasteiger partial charge in [-0.25, -0.2) is 14.4 Å². The summed E-state index contributed by atoms with van der Waals surface area (Å²) in [6.45, 7) is 36.1. The SMILES string of the molecule is CC(C)(C)OC(=O)[C@@H](Cc1cccc(OCCN(Cc2cc(C[C@H](C(=O)OC(C)(C)C)[C@H]3CCN(C(=O)OC(C)(C)C)C3)cs2)C(=O)Cc2cc(C[C@H](C(=O)OC(C)(C)C)[C@H]3CCN(C(=O)OC(C)(C)C)C3)cs2)c1)[C@H]1CCN(C(=O)OC(C)(C)C)C1. The number of rotatable bonds is 20. The fraction of sp³-hybridized carbons (Fsp3) is 0.687. The van der Waals surface area contributed by atoms with Crippen molar-refractivity contribution in [2.45, 2.75) is 210 Å². The lowest BCUT2D eigenvalue weighted by molar-refractivity contribution is -0.163. The van der Waals surface area contributed by atoms with Crippen LogP contribution in [0.25, 0.3) is 0 Å². The van der Waals surface area contributed by atoms with E-state index in [-0.39, 0.29) is 67.7 Å². The second kappa shape index (κ2) is 28.7. The molecule has 4 amide bonds. The molecule has 3 aliphatic heterocycles. The number of hydrogen-bond donors (Lipinski definition) is 0. The fourth-order valence-corrected chi connectivity index (χ4v) is 12.9. The van der Waals surface area contributed by atoms with Crippen LogP contribution in [0.1, 0.15) is 170 Å². The molecule has 5 heterocycles. The molecule has 3 fully saturated rings. The molecule has 6 atom stereocenters. The van der Waals surface area contributed by atoms with Crippen LogP contribution in [0.3, 0.4) is 0 Å². The van der Waals surface area contributed by atoms with Crippen LogP contribution in [0.5, 0.6) is 5.75 Å². The molecule has 0 unspecified atom stereocenters. The van der Waals surface area contributed by atoms with E-state index < -0.39 is 69.6 Å². The first-order valence-electron chi connectivity index (χ1n) is 30.9. The monoisotopic (exact) mass is 1250 g/mol. The van der Waals surface area contributed by atoms with Crippen LogP contribution in [0, 0.1) is 35.5 Å². The highest BCUT2D eigenvalue weighted by Crippen LogP contribution is 2.36. The van der Waals surface area contributed by atoms with E-state index in [4.69, 9.17) is 33.2 Å². The Bertz CT molecular complexity index is 2860. The second-order valence-corrected chi connectivity index (χ2v) is 31.8. The number of amides is 4. The van der Waals surface area contributed by atoms with Gasteiger partial charge < -0.3 is 52.8 Å². The third kappa shape index (κ3) is 23.2. The van der Waals surface area contributed by atoms with Gasteiger partial charge >= 0.3 is 36.2 Å². The van der Waals surface area contributed by atoms with Crippen LogP contribution in [0.2, 0.25) is 0 Å². The summed E-state index contributed by atoms with van der Waals surface area (Å²) in [4.78, 5) is 105. The molecule has 3 saturated heterocycles. The number of carbonyl (C=O) groups excluding carboxylic acids is 7. The zero-order chi connectivity index (χ0) is 64.6. The summed E-state index contributed by atoms with van der Waals surface area (Å²) in [5.74, 6) is -2.67. The van der Waals surface area contributed by atoms with Crippen LogP contribution >= 0.6 is 22.7 Å². The summed E-state index contributed by atoms with van der Waals surface area (Å²) < 4.78 is 41.4. The molecule has 2 aromatic heterocycles. The summed E-state index contributed by atoms with van der Waals surface area (Å²) in [5, 5.41) is 4.01. The normalized spacial score (nSPS) is 18.8. The highest BCUT2D eigenvalue weighted by Gasteiger charge is 2.43. The zero-order valence-corrected chi connectivity index (χ0v) is 56.9. The van der Waals surface area contributed by atoms with Crippen molar-refractivity contribution in [2.75, 3.05) is 52.4 Å². The van der Waals surface area contributed by atoms with Gasteiger partial charge in [-0.05, 0) is 233 Å². The number of likely N-dealkylation sites (tertiary alicyclic amines) is 3. The van der Waals surface area contributed by atoms with Crippen molar-refractivity contribution in [1.29, 1.82) is 0 Å². The standard InChI is InChI=1S/C67H100N4O14S2/c1-62(2,3)80-56(73)52(46-22-25-69(37-46)59(76)83-65(10,11)12)33-43-20-19-21-49(30-43)79-29-28-68(40-51-32-45(42-87-51)35-54(58(75)82-64(7,8)9)48-24-27-71(39-48)61(78)85-67(16,17)18)55(72)36-50-31-44(41-86-50)34-53(57(74)81-63(4,5)6)47-23-26-70(38-47)60(77)84-66(13,14)15/h19-21,30-32,41-42,46-48,52-54H,22-29,33-40H2,1-18H3/t46-,47-,48-,52-,53-,54-/m0/s1. The van der Waals surface area contributed by atoms with Crippen molar-refractivity contribution in [2.24, 2.45) is 35.5 Å². The fourth-order valence-electron chi connectivity index (χ4n) is 11.1. The molecule has 18 nitrogen and oxygen atoms in total. The number of nitrogens with zero attached hydrogens (tertiary/aromatic N) is 4. The third-order valence-corrected chi connectivity index (χ3v) is 16.8. The lowest BCUT2D eigenvalue weighted by atomic mass is 9.86. The van der Waals surface area contributed by atoms with E-state index in [2.05, 4.69) is 0 Å². The minimum Gasteiger partial charge on any atom is -0.492 e. The quantitative estimate of drug-likeness (QED) is 0.0765. The van der Waals surface area contributed by atoms with Crippen molar-refractivity contribution in [3.8, 4) is 5.75 Å². The lowest BCUT2D eigenvalue weighted by Crippen LogP contribution is -2.38. The minimum atomic E-state index is -0.724. The predicted molar refractivity (Wildman–Crippen MR) is 337 cm³/mol. The van der Waals surface area contributed by atoms with E-state index in [0.29, 0.717) is 83.5 Å². The third-order valence-electron chi connectivity index (χ3n) is 14.8. The highest BCUT2D eigenvalue weighted by atomic mass is 32.1. The predicted octanol–water partition coefficient (Wildman–Crippen LogP) is 12.7. The van der Waals surface area contributed by atoms with Crippen LogP contribution in [0.15, 0.2) is 47.2 Å². The van der Waals surface area contributed by atoms with Gasteiger partial charge in [-0.15, -0.1) is 22.7 Å². The number of carbonyl (C=O) groups is 7. The van der Waals surface area contributed by atoms with Gasteiger partial charge in [0.05, 0.1) is 37.3 Å². The Morgan fingerprint density at radius 1 is 0.483 bits per heavy atom. The van der Waals surface area contributed by atoms with Gasteiger partial charge in [0.1, 0.15) is 46.0 Å². The molecule has 1 aromatic carbocycles. The van der Waals surface area contributed by atoms with Gasteiger partial charge in [0.15, 0.2) is 0 Å². The van der Waals surface area contributed by atoms with Crippen molar-refractivity contribution >= 4 is 64.8 Å². The van der Waals surface area contributed by atoms with Gasteiger partial charge in [0, 0.05) is 49.0 Å². The summed E-state index contributed by atoms with van der Waals surface area (Å²) in [6, 6.07) is 11.6. The van der Waals surface area contributed by atoms with E-state index in [1.165, 1.54) is 22.7 Å². The van der Waals surface area contributed by atoms with Gasteiger partial charge in [0.2, 0.25) is 5.91 Å². The maximum Gasteiger partial charge on any atom is 0.410 e. The number of ether oxygens (including phenoxy) is 7. The molecule has 0 spiro atoms. The van der Waals surface area contributed by atoms with Crippen LogP contribution in [-0.4, -0.2) is 148 Å². The Hall–Kier alpha value is -5.89. The largest absolute Gasteiger partial charge is 0.492 e. The molecule has 20 heteroatoms. The number of esters is 3. The Kier molecular flexibility index (Phi) is 23.2. The van der Waals surface area contributed by atoms with Crippen LogP contribution in [0.4, 0.5) is 14.4 Å². The summed E-state index contributed by atoms with van der Waals surface area (Å²) in [5.41, 5.74) is -1.48. The molecule has 0 radical (unpaired) electrons. The van der Waals surface area contributed by atoms with Gasteiger partial charge in [0.25, 0.3) is 0 Å². The molecule has 0 N–H and O–H groups in total. The highest BCUT2D eigenvalue weighted by molar-refractivity contribution is 7.10. The Balaban J connectivity index is 1.22. The maximum atomic E-state index is 14.8. The summed E-state index contributed by atoms with van der Waals surface area (Å²) >= 11 is 2.96. The maximum absolute atomic E-state index is 14.8.